The van der Waals surface area contributed by atoms with Gasteiger partial charge in [-0.05, 0) is 17.8 Å². The van der Waals surface area contributed by atoms with Crippen LogP contribution in [-0.4, -0.2) is 22.4 Å². The largest absolute Gasteiger partial charge is 0.369 e. The molecule has 1 rings (SSSR count). The lowest BCUT2D eigenvalue weighted by Crippen LogP contribution is -2.26. The number of nitrogens with one attached hydrogen (secondary N) is 1. The summed E-state index contributed by atoms with van der Waals surface area (Å²) in [7, 11) is 0. The van der Waals surface area contributed by atoms with Crippen LogP contribution in [0.4, 0.5) is 11.5 Å². The summed E-state index contributed by atoms with van der Waals surface area (Å²) in [6.45, 7) is 9.14. The summed E-state index contributed by atoms with van der Waals surface area (Å²) in [6.07, 6.45) is 1.12. The molecule has 0 aromatic carbocycles. The van der Waals surface area contributed by atoms with Crippen molar-refractivity contribution in [2.75, 3.05) is 11.9 Å². The summed E-state index contributed by atoms with van der Waals surface area (Å²) in [5.41, 5.74) is 5.05. The molecule has 1 amide bonds. The Kier molecular flexibility index (Phi) is 5.63. The van der Waals surface area contributed by atoms with Gasteiger partial charge in [-0.3, -0.25) is 14.9 Å². The van der Waals surface area contributed by atoms with Gasteiger partial charge >= 0.3 is 0 Å². The van der Waals surface area contributed by atoms with E-state index in [4.69, 9.17) is 5.73 Å². The van der Waals surface area contributed by atoms with Crippen molar-refractivity contribution in [1.82, 2.24) is 4.98 Å². The standard InChI is InChI=1S/C14H22N4O3/c1-8(2)12(9(3)4)7-17-14-11(13(15)19)5-10(6-16-14)18(20)21/h5-6,8-9,12H,7H2,1-4H3,(H2,15,19)(H,16,17). The molecule has 1 aromatic heterocycles. The zero-order chi connectivity index (χ0) is 16.2. The monoisotopic (exact) mass is 294 g/mol. The van der Waals surface area contributed by atoms with Crippen LogP contribution in [0.3, 0.4) is 0 Å². The van der Waals surface area contributed by atoms with Crippen LogP contribution < -0.4 is 11.1 Å². The fraction of sp³-hybridized carbons (Fsp3) is 0.571. The average Bonchev–Trinajstić information content (AvgIpc) is 2.37. The van der Waals surface area contributed by atoms with E-state index in [1.54, 1.807) is 0 Å². The van der Waals surface area contributed by atoms with Gasteiger partial charge in [0.05, 0.1) is 10.5 Å². The van der Waals surface area contributed by atoms with Gasteiger partial charge in [0.15, 0.2) is 0 Å². The molecule has 1 heterocycles. The number of hydrogen-bond acceptors (Lipinski definition) is 5. The molecule has 21 heavy (non-hydrogen) atoms. The smallest absolute Gasteiger partial charge is 0.288 e. The number of anilines is 1. The van der Waals surface area contributed by atoms with Crippen molar-refractivity contribution in [2.24, 2.45) is 23.5 Å². The molecule has 0 saturated carbocycles. The van der Waals surface area contributed by atoms with Crippen LogP contribution in [0, 0.1) is 27.9 Å². The van der Waals surface area contributed by atoms with Crippen LogP contribution in [0.1, 0.15) is 38.1 Å². The summed E-state index contributed by atoms with van der Waals surface area (Å²) >= 11 is 0. The molecule has 3 N–H and O–H groups in total. The van der Waals surface area contributed by atoms with Gasteiger partial charge in [-0.2, -0.15) is 0 Å². The molecule has 0 aliphatic carbocycles. The van der Waals surface area contributed by atoms with Gasteiger partial charge in [0.25, 0.3) is 11.6 Å². The summed E-state index contributed by atoms with van der Waals surface area (Å²) in [4.78, 5) is 25.5. The topological polar surface area (TPSA) is 111 Å². The molecule has 0 aliphatic rings. The average molecular weight is 294 g/mol. The van der Waals surface area contributed by atoms with Gasteiger partial charge in [0.1, 0.15) is 12.0 Å². The number of rotatable bonds is 7. The fourth-order valence-corrected chi connectivity index (χ4v) is 2.34. The van der Waals surface area contributed by atoms with Crippen molar-refractivity contribution in [1.29, 1.82) is 0 Å². The third-order valence-corrected chi connectivity index (χ3v) is 3.57. The van der Waals surface area contributed by atoms with E-state index < -0.39 is 10.8 Å². The van der Waals surface area contributed by atoms with Crippen molar-refractivity contribution in [3.05, 3.63) is 27.9 Å². The van der Waals surface area contributed by atoms with Crippen molar-refractivity contribution in [3.8, 4) is 0 Å². The Morgan fingerprint density at radius 1 is 1.38 bits per heavy atom. The minimum Gasteiger partial charge on any atom is -0.369 e. The first-order valence-electron chi connectivity index (χ1n) is 6.92. The van der Waals surface area contributed by atoms with Crippen molar-refractivity contribution in [2.45, 2.75) is 27.7 Å². The summed E-state index contributed by atoms with van der Waals surface area (Å²) < 4.78 is 0. The molecule has 0 bridgehead atoms. The second kappa shape index (κ2) is 7.01. The SMILES string of the molecule is CC(C)C(CNc1ncc([N+](=O)[O-])cc1C(N)=O)C(C)C. The van der Waals surface area contributed by atoms with Gasteiger partial charge in [0.2, 0.25) is 0 Å². The van der Waals surface area contributed by atoms with E-state index >= 15 is 0 Å². The first-order chi connectivity index (χ1) is 9.73. The number of carbonyl (C=O) groups is 1. The number of aromatic nitrogens is 1. The number of nitro groups is 1. The zero-order valence-corrected chi connectivity index (χ0v) is 12.8. The molecule has 0 radical (unpaired) electrons. The number of nitrogens with two attached hydrogens (primary N) is 1. The number of nitrogens with zero attached hydrogens (tertiary/aromatic N) is 2. The van der Waals surface area contributed by atoms with Crippen LogP contribution in [-0.2, 0) is 0 Å². The molecule has 1 aromatic rings. The van der Waals surface area contributed by atoms with Crippen molar-refractivity contribution >= 4 is 17.4 Å². The van der Waals surface area contributed by atoms with Crippen LogP contribution in [0.5, 0.6) is 0 Å². The first kappa shape index (κ1) is 16.9. The Balaban J connectivity index is 2.97. The molecule has 0 atom stereocenters. The van der Waals surface area contributed by atoms with Crippen molar-refractivity contribution < 1.29 is 9.72 Å². The van der Waals surface area contributed by atoms with E-state index in [1.807, 2.05) is 0 Å². The maximum absolute atomic E-state index is 11.4. The van der Waals surface area contributed by atoms with E-state index in [1.165, 1.54) is 0 Å². The molecule has 0 unspecified atom stereocenters. The van der Waals surface area contributed by atoms with E-state index in [2.05, 4.69) is 38.0 Å². The number of hydrogen-bond donors (Lipinski definition) is 2. The molecule has 116 valence electrons. The van der Waals surface area contributed by atoms with Crippen LogP contribution in [0.25, 0.3) is 0 Å². The second-order valence-corrected chi connectivity index (χ2v) is 5.74. The highest BCUT2D eigenvalue weighted by molar-refractivity contribution is 5.98. The Morgan fingerprint density at radius 3 is 2.38 bits per heavy atom. The third kappa shape index (κ3) is 4.40. The molecule has 0 spiro atoms. The highest BCUT2D eigenvalue weighted by Crippen LogP contribution is 2.23. The predicted octanol–water partition coefficient (Wildman–Crippen LogP) is 2.43. The highest BCUT2D eigenvalue weighted by atomic mass is 16.6. The number of pyridine rings is 1. The Labute approximate surface area is 124 Å². The van der Waals surface area contributed by atoms with Gasteiger partial charge in [-0.1, -0.05) is 27.7 Å². The number of amides is 1. The summed E-state index contributed by atoms with van der Waals surface area (Å²) in [5.74, 6) is 0.876. The maximum Gasteiger partial charge on any atom is 0.288 e. The predicted molar refractivity (Wildman–Crippen MR) is 81.1 cm³/mol. The highest BCUT2D eigenvalue weighted by Gasteiger charge is 2.20. The molecular weight excluding hydrogens is 272 g/mol. The van der Waals surface area contributed by atoms with E-state index in [-0.39, 0.29) is 11.3 Å². The van der Waals surface area contributed by atoms with Gasteiger partial charge in [0, 0.05) is 12.6 Å². The molecule has 0 saturated heterocycles. The lowest BCUT2D eigenvalue weighted by molar-refractivity contribution is -0.385. The van der Waals surface area contributed by atoms with Crippen LogP contribution in [0.15, 0.2) is 12.3 Å². The fourth-order valence-electron chi connectivity index (χ4n) is 2.34. The zero-order valence-electron chi connectivity index (χ0n) is 12.8. The lowest BCUT2D eigenvalue weighted by Gasteiger charge is -2.25. The second-order valence-electron chi connectivity index (χ2n) is 5.74. The summed E-state index contributed by atoms with van der Waals surface area (Å²) in [6, 6.07) is 1.15. The van der Waals surface area contributed by atoms with Gasteiger partial charge in [-0.15, -0.1) is 0 Å². The molecule has 0 fully saturated rings. The first-order valence-corrected chi connectivity index (χ1v) is 6.92. The molecule has 7 nitrogen and oxygen atoms in total. The summed E-state index contributed by atoms with van der Waals surface area (Å²) in [5, 5.41) is 13.8. The van der Waals surface area contributed by atoms with E-state index in [0.717, 1.165) is 12.3 Å². The number of primary amides is 1. The normalized spacial score (nSPS) is 11.2. The van der Waals surface area contributed by atoms with E-state index in [0.29, 0.717) is 30.1 Å². The number of carbonyl (C=O) groups excluding carboxylic acids is 1. The van der Waals surface area contributed by atoms with Crippen LogP contribution in [0.2, 0.25) is 0 Å². The Bertz CT molecular complexity index is 521. The quantitative estimate of drug-likeness (QED) is 0.592. The molecule has 0 aliphatic heterocycles. The van der Waals surface area contributed by atoms with Gasteiger partial charge < -0.3 is 11.1 Å². The molecular formula is C14H22N4O3. The maximum atomic E-state index is 11.4. The molecule has 7 heteroatoms. The Morgan fingerprint density at radius 2 is 1.95 bits per heavy atom. The van der Waals surface area contributed by atoms with E-state index in [9.17, 15) is 14.9 Å². The van der Waals surface area contributed by atoms with Crippen molar-refractivity contribution in [3.63, 3.8) is 0 Å². The van der Waals surface area contributed by atoms with Crippen LogP contribution >= 0.6 is 0 Å². The van der Waals surface area contributed by atoms with Gasteiger partial charge in [-0.25, -0.2) is 4.98 Å². The minimum absolute atomic E-state index is 0.0375. The Hall–Kier alpha value is -2.18. The minimum atomic E-state index is -0.737. The third-order valence-electron chi connectivity index (χ3n) is 3.57. The lowest BCUT2D eigenvalue weighted by atomic mass is 9.85.